The smallest absolute Gasteiger partial charge is 0.254 e. The van der Waals surface area contributed by atoms with Crippen molar-refractivity contribution in [3.8, 4) is 5.75 Å². The predicted molar refractivity (Wildman–Crippen MR) is 147 cm³/mol. The van der Waals surface area contributed by atoms with Crippen LogP contribution in [0.25, 0.3) is 0 Å². The van der Waals surface area contributed by atoms with Gasteiger partial charge in [-0.3, -0.25) is 4.79 Å². The van der Waals surface area contributed by atoms with E-state index in [9.17, 15) is 9.35 Å². The van der Waals surface area contributed by atoms with E-state index in [2.05, 4.69) is 11.3 Å². The molecule has 2 aliphatic heterocycles. The van der Waals surface area contributed by atoms with E-state index in [1.54, 1.807) is 12.1 Å². The summed E-state index contributed by atoms with van der Waals surface area (Å²) in [5, 5.41) is 0.825. The summed E-state index contributed by atoms with van der Waals surface area (Å²) in [5.41, 5.74) is 0.838. The molecule has 0 aromatic heterocycles. The number of nitrogens with one attached hydrogen (secondary N) is 1. The second-order valence-corrected chi connectivity index (χ2v) is 14.5. The minimum Gasteiger partial charge on any atom is -0.598 e. The highest BCUT2D eigenvalue weighted by molar-refractivity contribution is 7.90. The van der Waals surface area contributed by atoms with Crippen molar-refractivity contribution in [3.63, 3.8) is 0 Å². The predicted octanol–water partition coefficient (Wildman–Crippen LogP) is 5.29. The van der Waals surface area contributed by atoms with Crippen LogP contribution in [0.1, 0.15) is 59.1 Å². The van der Waals surface area contributed by atoms with Gasteiger partial charge in [-0.25, -0.2) is 0 Å². The zero-order chi connectivity index (χ0) is 27.1. The highest BCUT2D eigenvalue weighted by Gasteiger charge is 2.49. The van der Waals surface area contributed by atoms with Gasteiger partial charge in [-0.05, 0) is 71.3 Å². The number of hydrogen-bond acceptors (Lipinski definition) is 6. The number of benzene rings is 1. The number of halogens is 2. The number of ether oxygens (including phenoxy) is 3. The third-order valence-electron chi connectivity index (χ3n) is 7.39. The molecular weight excluding hydrogens is 535 g/mol. The second-order valence-electron chi connectivity index (χ2n) is 11.7. The van der Waals surface area contributed by atoms with Gasteiger partial charge in [-0.15, -0.1) is 4.72 Å². The van der Waals surface area contributed by atoms with Crippen LogP contribution in [-0.4, -0.2) is 58.3 Å². The third-order valence-corrected chi connectivity index (χ3v) is 9.69. The summed E-state index contributed by atoms with van der Waals surface area (Å²) >= 11 is 11.5. The van der Waals surface area contributed by atoms with Gasteiger partial charge in [0.1, 0.15) is 17.1 Å². The fourth-order valence-corrected chi connectivity index (χ4v) is 6.81. The molecule has 0 spiro atoms. The van der Waals surface area contributed by atoms with Crippen molar-refractivity contribution in [1.82, 2.24) is 9.62 Å². The molecule has 1 amide bonds. The number of fused-ring (bicyclic) bond motifs is 1. The Morgan fingerprint density at radius 3 is 2.46 bits per heavy atom. The molecule has 7 nitrogen and oxygen atoms in total. The van der Waals surface area contributed by atoms with E-state index in [0.29, 0.717) is 47.3 Å². The maximum absolute atomic E-state index is 13.3. The highest BCUT2D eigenvalue weighted by atomic mass is 35.5. The molecule has 6 atom stereocenters. The van der Waals surface area contributed by atoms with E-state index in [1.165, 1.54) is 0 Å². The van der Waals surface area contributed by atoms with Gasteiger partial charge in [0.15, 0.2) is 11.9 Å². The Kier molecular flexibility index (Phi) is 8.81. The Hall–Kier alpha value is -1.00. The molecule has 1 aliphatic carbocycles. The van der Waals surface area contributed by atoms with Gasteiger partial charge in [-0.1, -0.05) is 35.9 Å². The first-order chi connectivity index (χ1) is 17.3. The van der Waals surface area contributed by atoms with Crippen molar-refractivity contribution in [2.75, 3.05) is 26.3 Å². The molecule has 0 bridgehead atoms. The molecule has 2 saturated heterocycles. The molecule has 1 N–H and O–H groups in total. The van der Waals surface area contributed by atoms with Gasteiger partial charge in [-0.2, -0.15) is 0 Å². The Morgan fingerprint density at radius 1 is 1.30 bits per heavy atom. The monoisotopic (exact) mass is 572 g/mol. The molecule has 206 valence electrons. The molecule has 3 aliphatic rings. The van der Waals surface area contributed by atoms with Crippen molar-refractivity contribution in [2.45, 2.75) is 70.1 Å². The SMILES string of the molecule is C=CCOc1cc(Cl)c(Cl)cc1C(N[S+]([O-])C(C)(C)C)[C@@H]1C[C@@H]2CN(C(=O)[C@H]3COC(C)(C)O3)C[C@@H]2C1. The van der Waals surface area contributed by atoms with E-state index < -0.39 is 28.0 Å². The summed E-state index contributed by atoms with van der Waals surface area (Å²) < 4.78 is 33.6. The van der Waals surface area contributed by atoms with E-state index in [-0.39, 0.29) is 24.5 Å². The summed E-state index contributed by atoms with van der Waals surface area (Å²) in [4.78, 5) is 15.0. The summed E-state index contributed by atoms with van der Waals surface area (Å²) in [6.07, 6.45) is 2.91. The van der Waals surface area contributed by atoms with Crippen LogP contribution in [0.3, 0.4) is 0 Å². The minimum absolute atomic E-state index is 0.00429. The van der Waals surface area contributed by atoms with Gasteiger partial charge < -0.3 is 23.7 Å². The van der Waals surface area contributed by atoms with Crippen LogP contribution in [0.2, 0.25) is 10.0 Å². The molecule has 4 rings (SSSR count). The second kappa shape index (κ2) is 11.2. The molecule has 10 heteroatoms. The number of carbonyl (C=O) groups excluding carboxylic acids is 1. The van der Waals surface area contributed by atoms with Crippen molar-refractivity contribution < 1.29 is 23.6 Å². The zero-order valence-corrected chi connectivity index (χ0v) is 24.5. The molecule has 3 fully saturated rings. The lowest BCUT2D eigenvalue weighted by Crippen LogP contribution is -2.43. The first-order valence-electron chi connectivity index (χ1n) is 12.8. The van der Waals surface area contributed by atoms with E-state index >= 15 is 0 Å². The average Bonchev–Trinajstić information content (AvgIpc) is 3.49. The van der Waals surface area contributed by atoms with E-state index in [0.717, 1.165) is 18.4 Å². The fraction of sp³-hybridized carbons (Fsp3) is 0.667. The topological polar surface area (TPSA) is 83.1 Å². The molecule has 1 aromatic carbocycles. The first-order valence-corrected chi connectivity index (χ1v) is 14.7. The van der Waals surface area contributed by atoms with Crippen LogP contribution in [0.4, 0.5) is 0 Å². The third kappa shape index (κ3) is 6.60. The Balaban J connectivity index is 1.53. The van der Waals surface area contributed by atoms with Gasteiger partial charge in [0.25, 0.3) is 5.91 Å². The minimum atomic E-state index is -1.32. The van der Waals surface area contributed by atoms with E-state index in [4.69, 9.17) is 37.4 Å². The summed E-state index contributed by atoms with van der Waals surface area (Å²) in [6, 6.07) is 3.29. The summed E-state index contributed by atoms with van der Waals surface area (Å²) in [7, 11) is 0. The maximum Gasteiger partial charge on any atom is 0.254 e. The van der Waals surface area contributed by atoms with Crippen LogP contribution in [0.15, 0.2) is 24.8 Å². The summed E-state index contributed by atoms with van der Waals surface area (Å²) in [5.74, 6) is 0.784. The number of hydrogen-bond donors (Lipinski definition) is 1. The van der Waals surface area contributed by atoms with Crippen molar-refractivity contribution in [1.29, 1.82) is 0 Å². The van der Waals surface area contributed by atoms with Crippen LogP contribution in [0.5, 0.6) is 5.75 Å². The highest BCUT2D eigenvalue weighted by Crippen LogP contribution is 2.49. The lowest BCUT2D eigenvalue weighted by atomic mass is 9.90. The normalized spacial score (nSPS) is 28.7. The lowest BCUT2D eigenvalue weighted by Gasteiger charge is -2.32. The molecule has 2 heterocycles. The fourth-order valence-electron chi connectivity index (χ4n) is 5.58. The van der Waals surface area contributed by atoms with Crippen LogP contribution < -0.4 is 9.46 Å². The van der Waals surface area contributed by atoms with Crippen molar-refractivity contribution in [3.05, 3.63) is 40.4 Å². The number of rotatable bonds is 8. The Morgan fingerprint density at radius 2 is 1.92 bits per heavy atom. The number of amides is 1. The van der Waals surface area contributed by atoms with Gasteiger partial charge >= 0.3 is 0 Å². The Labute approximate surface area is 233 Å². The summed E-state index contributed by atoms with van der Waals surface area (Å²) in [6.45, 7) is 15.2. The molecular formula is C27H38Cl2N2O5S. The number of likely N-dealkylation sites (tertiary alicyclic amines) is 1. The average molecular weight is 574 g/mol. The van der Waals surface area contributed by atoms with Crippen LogP contribution in [-0.2, 0) is 25.6 Å². The Bertz CT molecular complexity index is 1000. The number of carbonyl (C=O) groups is 1. The zero-order valence-electron chi connectivity index (χ0n) is 22.2. The first kappa shape index (κ1) is 29.0. The largest absolute Gasteiger partial charge is 0.598 e. The van der Waals surface area contributed by atoms with Crippen LogP contribution in [0, 0.1) is 17.8 Å². The number of nitrogens with zero attached hydrogens (tertiary/aromatic N) is 1. The van der Waals surface area contributed by atoms with E-state index in [1.807, 2.05) is 45.6 Å². The van der Waals surface area contributed by atoms with Gasteiger partial charge in [0, 0.05) is 36.1 Å². The molecule has 1 aromatic rings. The van der Waals surface area contributed by atoms with Crippen molar-refractivity contribution in [2.24, 2.45) is 17.8 Å². The molecule has 1 saturated carbocycles. The quantitative estimate of drug-likeness (QED) is 0.336. The van der Waals surface area contributed by atoms with Gasteiger partial charge in [0.2, 0.25) is 0 Å². The standard InChI is InChI=1S/C27H38Cl2N2O5S/c1-7-8-34-22-12-21(29)20(28)11-19(22)24(30-37(33)26(2,3)4)16-9-17-13-31(14-18(17)10-16)25(32)23-15-35-27(5,6)36-23/h7,11-12,16-18,23-24,30H,1,8-10,13-15H2,2-6H3/t16-,17-,18+,23-,24?,37?/m1/s1. The molecule has 2 unspecified atom stereocenters. The van der Waals surface area contributed by atoms with Crippen molar-refractivity contribution >= 4 is 40.5 Å². The molecule has 37 heavy (non-hydrogen) atoms. The lowest BCUT2D eigenvalue weighted by molar-refractivity contribution is -0.159. The van der Waals surface area contributed by atoms with Gasteiger partial charge in [0.05, 0.1) is 22.7 Å². The maximum atomic E-state index is 13.3. The van der Waals surface area contributed by atoms with Crippen LogP contribution >= 0.6 is 23.2 Å². The molecule has 0 radical (unpaired) electrons.